The monoisotopic (exact) mass is 395 g/mol. The zero-order chi connectivity index (χ0) is 18.7. The number of likely N-dealkylation sites (N-methyl/N-ethyl adjacent to an activating group) is 1. The number of quaternary nitrogens is 1. The molecule has 4 nitrogen and oxygen atoms in total. The molecule has 0 atom stereocenters. The van der Waals surface area contributed by atoms with Crippen molar-refractivity contribution in [2.24, 2.45) is 0 Å². The van der Waals surface area contributed by atoms with E-state index in [0.29, 0.717) is 6.42 Å². The van der Waals surface area contributed by atoms with Crippen LogP contribution in [0.5, 0.6) is 0 Å². The van der Waals surface area contributed by atoms with E-state index in [1.54, 1.807) is 0 Å². The third-order valence-corrected chi connectivity index (χ3v) is 5.75. The Labute approximate surface area is 172 Å². The molecule has 0 spiro atoms. The Morgan fingerprint density at radius 1 is 1.07 bits per heavy atom. The van der Waals surface area contributed by atoms with Gasteiger partial charge in [-0.3, -0.25) is 4.79 Å². The van der Waals surface area contributed by atoms with E-state index in [-0.39, 0.29) is 18.3 Å². The molecule has 1 amide bonds. The maximum Gasteiger partial charge on any atom is 0.219 e. The van der Waals surface area contributed by atoms with Gasteiger partial charge in [-0.05, 0) is 25.5 Å². The fraction of sp³-hybridized carbons (Fsp3) is 0.682. The predicted molar refractivity (Wildman–Crippen MR) is 110 cm³/mol. The second kappa shape index (κ2) is 13.0. The molecule has 1 aromatic rings. The van der Waals surface area contributed by atoms with Gasteiger partial charge in [0.25, 0.3) is 0 Å². The van der Waals surface area contributed by atoms with Gasteiger partial charge in [-0.25, -0.2) is 0 Å². The summed E-state index contributed by atoms with van der Waals surface area (Å²) < 4.78 is 1.23. The first-order chi connectivity index (χ1) is 12.7. The van der Waals surface area contributed by atoms with Crippen LogP contribution in [0, 0.1) is 0 Å². The molecule has 0 aliphatic carbocycles. The van der Waals surface area contributed by atoms with Crippen molar-refractivity contribution in [3.8, 4) is 0 Å². The first-order valence-corrected chi connectivity index (χ1v) is 10.6. The number of hydrogen-bond donors (Lipinski definition) is 1. The van der Waals surface area contributed by atoms with Crippen molar-refractivity contribution in [3.05, 3.63) is 30.3 Å². The second-order valence-corrected chi connectivity index (χ2v) is 7.67. The molecule has 1 heterocycles. The number of unbranched alkanes of at least 4 members (excludes halogenated alkanes) is 1. The molecule has 1 N–H and O–H groups in total. The Morgan fingerprint density at radius 3 is 2.41 bits per heavy atom. The van der Waals surface area contributed by atoms with Crippen LogP contribution >= 0.6 is 0 Å². The summed E-state index contributed by atoms with van der Waals surface area (Å²) in [6.07, 6.45) is 6.55. The highest BCUT2D eigenvalue weighted by Gasteiger charge is 2.31. The zero-order valence-corrected chi connectivity index (χ0v) is 18.0. The van der Waals surface area contributed by atoms with Crippen molar-refractivity contribution >= 4 is 11.6 Å². The highest BCUT2D eigenvalue weighted by atomic mass is 35.5. The van der Waals surface area contributed by atoms with Gasteiger partial charge < -0.3 is 27.1 Å². The topological polar surface area (TPSA) is 32.3 Å². The molecule has 0 radical (unpaired) electrons. The molecule has 0 saturated carbocycles. The Bertz CT molecular complexity index is 518. The third-order valence-electron chi connectivity index (χ3n) is 5.75. The standard InChI is InChI=1S/C22H37N3O.ClH/c1-3-5-14-22(26)23-15-11-19-25(17-9-10-18-25)20-16-24(4-2)21-12-7-6-8-13-21;/h6-8,12-13H,3-5,9-11,14-20H2,1-2H3;1H. The van der Waals surface area contributed by atoms with Crippen LogP contribution in [-0.4, -0.2) is 56.2 Å². The van der Waals surface area contributed by atoms with Crippen molar-refractivity contribution in [2.45, 2.75) is 52.4 Å². The van der Waals surface area contributed by atoms with Gasteiger partial charge in [0.05, 0.1) is 32.7 Å². The van der Waals surface area contributed by atoms with E-state index >= 15 is 0 Å². The molecule has 154 valence electrons. The van der Waals surface area contributed by atoms with Gasteiger partial charge in [0.15, 0.2) is 0 Å². The molecule has 1 aliphatic rings. The summed E-state index contributed by atoms with van der Waals surface area (Å²) in [6.45, 7) is 12.4. The van der Waals surface area contributed by atoms with E-state index in [1.807, 2.05) is 0 Å². The highest BCUT2D eigenvalue weighted by Crippen LogP contribution is 2.21. The van der Waals surface area contributed by atoms with Crippen LogP contribution in [0.1, 0.15) is 52.4 Å². The van der Waals surface area contributed by atoms with E-state index in [9.17, 15) is 4.79 Å². The lowest BCUT2D eigenvalue weighted by atomic mass is 10.2. The highest BCUT2D eigenvalue weighted by molar-refractivity contribution is 5.75. The van der Waals surface area contributed by atoms with Crippen molar-refractivity contribution < 1.29 is 21.7 Å². The minimum atomic E-state index is 0. The largest absolute Gasteiger partial charge is 1.00 e. The van der Waals surface area contributed by atoms with Crippen molar-refractivity contribution in [1.29, 1.82) is 0 Å². The van der Waals surface area contributed by atoms with Gasteiger partial charge in [-0.2, -0.15) is 0 Å². The summed E-state index contributed by atoms with van der Waals surface area (Å²) in [4.78, 5) is 14.3. The molecule has 2 rings (SSSR count). The molecule has 1 fully saturated rings. The lowest BCUT2D eigenvalue weighted by Crippen LogP contribution is -3.00. The number of halogens is 1. The van der Waals surface area contributed by atoms with Gasteiger partial charge in [0.1, 0.15) is 0 Å². The first kappa shape index (κ1) is 23.8. The lowest BCUT2D eigenvalue weighted by molar-refractivity contribution is -0.915. The number of likely N-dealkylation sites (tertiary alicyclic amines) is 1. The van der Waals surface area contributed by atoms with Gasteiger partial charge in [-0.1, -0.05) is 31.5 Å². The Kier molecular flexibility index (Phi) is 11.5. The molecule has 0 unspecified atom stereocenters. The van der Waals surface area contributed by atoms with Crippen LogP contribution in [0.15, 0.2) is 30.3 Å². The fourth-order valence-corrected chi connectivity index (χ4v) is 4.07. The zero-order valence-electron chi connectivity index (χ0n) is 17.3. The number of hydrogen-bond acceptors (Lipinski definition) is 2. The van der Waals surface area contributed by atoms with Crippen molar-refractivity contribution in [1.82, 2.24) is 5.32 Å². The smallest absolute Gasteiger partial charge is 0.219 e. The average molecular weight is 396 g/mol. The lowest BCUT2D eigenvalue weighted by Gasteiger charge is -2.37. The number of anilines is 1. The first-order valence-electron chi connectivity index (χ1n) is 10.6. The molecular formula is C22H38ClN3O. The van der Waals surface area contributed by atoms with E-state index in [0.717, 1.165) is 38.9 Å². The molecule has 27 heavy (non-hydrogen) atoms. The third kappa shape index (κ3) is 8.10. The normalized spacial score (nSPS) is 15.2. The van der Waals surface area contributed by atoms with Crippen LogP contribution < -0.4 is 22.6 Å². The molecule has 1 aromatic carbocycles. The summed E-state index contributed by atoms with van der Waals surface area (Å²) in [7, 11) is 0. The SMILES string of the molecule is CCCCC(=O)NCCC[N+]1(CCN(CC)c2ccccc2)CCCC1.[Cl-]. The van der Waals surface area contributed by atoms with Crippen LogP contribution in [-0.2, 0) is 4.79 Å². The van der Waals surface area contributed by atoms with Crippen LogP contribution in [0.3, 0.4) is 0 Å². The number of carbonyl (C=O) groups excluding carboxylic acids is 1. The van der Waals surface area contributed by atoms with Gasteiger partial charge in [0.2, 0.25) is 5.91 Å². The molecule has 1 saturated heterocycles. The quantitative estimate of drug-likeness (QED) is 0.420. The number of para-hydroxylation sites is 1. The van der Waals surface area contributed by atoms with Crippen LogP contribution in [0.4, 0.5) is 5.69 Å². The minimum absolute atomic E-state index is 0. The minimum Gasteiger partial charge on any atom is -1.00 e. The summed E-state index contributed by atoms with van der Waals surface area (Å²) in [5.41, 5.74) is 1.33. The number of rotatable bonds is 12. The van der Waals surface area contributed by atoms with Gasteiger partial charge >= 0.3 is 0 Å². The summed E-state index contributed by atoms with van der Waals surface area (Å²) >= 11 is 0. The summed E-state index contributed by atoms with van der Waals surface area (Å²) in [5.74, 6) is 0.223. The van der Waals surface area contributed by atoms with Crippen molar-refractivity contribution in [2.75, 3.05) is 50.7 Å². The van der Waals surface area contributed by atoms with E-state index in [2.05, 4.69) is 54.4 Å². The Morgan fingerprint density at radius 2 is 1.78 bits per heavy atom. The number of nitrogens with zero attached hydrogens (tertiary/aromatic N) is 2. The molecule has 0 bridgehead atoms. The Balaban J connectivity index is 0.00000364. The summed E-state index contributed by atoms with van der Waals surface area (Å²) in [5, 5.41) is 3.10. The molecule has 1 aliphatic heterocycles. The Hall–Kier alpha value is -1.26. The second-order valence-electron chi connectivity index (χ2n) is 7.67. The molecule has 0 aromatic heterocycles. The van der Waals surface area contributed by atoms with Gasteiger partial charge in [-0.15, -0.1) is 0 Å². The molecule has 5 heteroatoms. The van der Waals surface area contributed by atoms with Gasteiger partial charge in [0, 0.05) is 44.5 Å². The number of benzene rings is 1. The van der Waals surface area contributed by atoms with E-state index < -0.39 is 0 Å². The number of amides is 1. The van der Waals surface area contributed by atoms with Crippen LogP contribution in [0.25, 0.3) is 0 Å². The molecular weight excluding hydrogens is 358 g/mol. The maximum absolute atomic E-state index is 11.8. The fourth-order valence-electron chi connectivity index (χ4n) is 4.07. The maximum atomic E-state index is 11.8. The number of nitrogens with one attached hydrogen (secondary N) is 1. The van der Waals surface area contributed by atoms with Crippen LogP contribution in [0.2, 0.25) is 0 Å². The predicted octanol–water partition coefficient (Wildman–Crippen LogP) is 0.824. The van der Waals surface area contributed by atoms with E-state index in [4.69, 9.17) is 0 Å². The number of carbonyl (C=O) groups is 1. The van der Waals surface area contributed by atoms with Crippen molar-refractivity contribution in [3.63, 3.8) is 0 Å². The average Bonchev–Trinajstić information content (AvgIpc) is 3.14. The van der Waals surface area contributed by atoms with E-state index in [1.165, 1.54) is 49.2 Å². The summed E-state index contributed by atoms with van der Waals surface area (Å²) in [6, 6.07) is 10.8.